The molecule has 0 unspecified atom stereocenters. The van der Waals surface area contributed by atoms with Gasteiger partial charge < -0.3 is 9.64 Å². The maximum atomic E-state index is 12.5. The third kappa shape index (κ3) is 6.56. The molecule has 0 saturated heterocycles. The van der Waals surface area contributed by atoms with E-state index in [2.05, 4.69) is 4.72 Å². The fourth-order valence-electron chi connectivity index (χ4n) is 2.47. The van der Waals surface area contributed by atoms with Crippen molar-refractivity contribution in [3.05, 3.63) is 59.6 Å². The first-order valence-electron chi connectivity index (χ1n) is 8.91. The van der Waals surface area contributed by atoms with Crippen molar-refractivity contribution in [1.82, 2.24) is 4.72 Å². The molecule has 0 saturated carbocycles. The highest BCUT2D eigenvalue weighted by atomic mass is 35.5. The second-order valence-corrected chi connectivity index (χ2v) is 8.34. The van der Waals surface area contributed by atoms with E-state index in [-0.39, 0.29) is 17.9 Å². The van der Waals surface area contributed by atoms with E-state index in [9.17, 15) is 18.0 Å². The van der Waals surface area contributed by atoms with E-state index < -0.39 is 34.5 Å². The molecular weight excluding hydrogens is 430 g/mol. The van der Waals surface area contributed by atoms with Crippen LogP contribution in [0.3, 0.4) is 0 Å². The summed E-state index contributed by atoms with van der Waals surface area (Å²) in [6, 6.07) is 14.8. The van der Waals surface area contributed by atoms with Crippen molar-refractivity contribution in [2.75, 3.05) is 18.1 Å². The molecule has 0 spiro atoms. The van der Waals surface area contributed by atoms with Crippen LogP contribution in [0.25, 0.3) is 0 Å². The number of hydrogen-bond donors (Lipinski definition) is 1. The van der Waals surface area contributed by atoms with Crippen molar-refractivity contribution in [3.63, 3.8) is 0 Å². The lowest BCUT2D eigenvalue weighted by molar-refractivity contribution is -0.149. The lowest BCUT2D eigenvalue weighted by Gasteiger charge is -2.22. The molecule has 2 rings (SSSR count). The number of carbonyl (C=O) groups is 2. The van der Waals surface area contributed by atoms with E-state index in [1.807, 2.05) is 6.07 Å². The van der Waals surface area contributed by atoms with Gasteiger partial charge in [-0.2, -0.15) is 9.98 Å². The number of sulfonamides is 1. The first-order valence-corrected chi connectivity index (χ1v) is 10.8. The lowest BCUT2D eigenvalue weighted by Crippen LogP contribution is -2.41. The molecule has 1 N–H and O–H groups in total. The molecule has 0 bridgehead atoms. The number of anilines is 1. The van der Waals surface area contributed by atoms with Gasteiger partial charge in [0.25, 0.3) is 5.91 Å². The van der Waals surface area contributed by atoms with Crippen molar-refractivity contribution >= 4 is 39.2 Å². The topological polar surface area (TPSA) is 117 Å². The van der Waals surface area contributed by atoms with Gasteiger partial charge in [0.15, 0.2) is 6.61 Å². The number of halogens is 1. The van der Waals surface area contributed by atoms with E-state index in [1.54, 1.807) is 30.3 Å². The van der Waals surface area contributed by atoms with Crippen molar-refractivity contribution in [3.8, 4) is 6.07 Å². The zero-order valence-corrected chi connectivity index (χ0v) is 17.7. The highest BCUT2D eigenvalue weighted by Gasteiger charge is 2.25. The van der Waals surface area contributed by atoms with Crippen molar-refractivity contribution in [2.24, 2.45) is 0 Å². The number of rotatable bonds is 9. The Morgan fingerprint density at radius 1 is 1.17 bits per heavy atom. The number of carbonyl (C=O) groups excluding carboxylic acids is 2. The molecule has 1 atom stereocenters. The summed E-state index contributed by atoms with van der Waals surface area (Å²) in [5.41, 5.74) is 0.560. The monoisotopic (exact) mass is 449 g/mol. The highest BCUT2D eigenvalue weighted by molar-refractivity contribution is 7.89. The third-order valence-electron chi connectivity index (χ3n) is 3.96. The van der Waals surface area contributed by atoms with Crippen molar-refractivity contribution < 1.29 is 22.7 Å². The Morgan fingerprint density at radius 3 is 2.40 bits per heavy atom. The summed E-state index contributed by atoms with van der Waals surface area (Å²) in [7, 11) is -3.97. The fourth-order valence-corrected chi connectivity index (χ4v) is 3.78. The van der Waals surface area contributed by atoms with Gasteiger partial charge in [-0.15, -0.1) is 0 Å². The molecule has 0 aliphatic heterocycles. The summed E-state index contributed by atoms with van der Waals surface area (Å²) in [6.45, 7) is 0.854. The predicted molar refractivity (Wildman–Crippen MR) is 111 cm³/mol. The van der Waals surface area contributed by atoms with E-state index in [0.717, 1.165) is 0 Å². The number of hydrogen-bond acceptors (Lipinski definition) is 6. The van der Waals surface area contributed by atoms with Crippen LogP contribution in [0, 0.1) is 11.3 Å². The quantitative estimate of drug-likeness (QED) is 0.588. The minimum absolute atomic E-state index is 0.0608. The molecule has 30 heavy (non-hydrogen) atoms. The van der Waals surface area contributed by atoms with Crippen LogP contribution < -0.4 is 9.62 Å². The molecule has 2 aromatic carbocycles. The molecule has 2 aromatic rings. The van der Waals surface area contributed by atoms with Crippen molar-refractivity contribution in [2.45, 2.75) is 24.3 Å². The van der Waals surface area contributed by atoms with E-state index in [0.29, 0.717) is 10.7 Å². The Bertz CT molecular complexity index is 1020. The number of benzene rings is 2. The van der Waals surface area contributed by atoms with Crippen LogP contribution in [0.4, 0.5) is 5.69 Å². The molecule has 0 aliphatic rings. The number of nitrogens with one attached hydrogen (secondary N) is 1. The summed E-state index contributed by atoms with van der Waals surface area (Å²) in [6.07, 6.45) is 0.103. The molecular formula is C20H20ClN3O5S. The zero-order chi connectivity index (χ0) is 22.1. The van der Waals surface area contributed by atoms with Gasteiger partial charge in [-0.3, -0.25) is 9.59 Å². The molecule has 158 valence electrons. The Kier molecular flexibility index (Phi) is 8.35. The van der Waals surface area contributed by atoms with Gasteiger partial charge in [0.2, 0.25) is 10.0 Å². The average Bonchev–Trinajstić information content (AvgIpc) is 2.73. The molecule has 0 fully saturated rings. The van der Waals surface area contributed by atoms with Crippen molar-refractivity contribution in [1.29, 1.82) is 5.26 Å². The zero-order valence-electron chi connectivity index (χ0n) is 16.1. The largest absolute Gasteiger partial charge is 0.454 e. The second kappa shape index (κ2) is 10.7. The average molecular weight is 450 g/mol. The number of nitrogens with zero attached hydrogens (tertiary/aromatic N) is 2. The van der Waals surface area contributed by atoms with Gasteiger partial charge in [-0.05, 0) is 43.3 Å². The molecule has 10 heteroatoms. The summed E-state index contributed by atoms with van der Waals surface area (Å²) >= 11 is 5.75. The Labute approximate surface area is 180 Å². The Morgan fingerprint density at radius 2 is 1.80 bits per heavy atom. The minimum Gasteiger partial charge on any atom is -0.454 e. The Balaban J connectivity index is 1.98. The smallest absolute Gasteiger partial charge is 0.324 e. The molecule has 0 heterocycles. The van der Waals surface area contributed by atoms with Crippen LogP contribution in [0.15, 0.2) is 59.5 Å². The molecule has 0 aliphatic carbocycles. The minimum atomic E-state index is -3.97. The van der Waals surface area contributed by atoms with Crippen LogP contribution in [-0.2, 0) is 24.3 Å². The van der Waals surface area contributed by atoms with Gasteiger partial charge in [0, 0.05) is 17.3 Å². The first kappa shape index (κ1) is 23.3. The van der Waals surface area contributed by atoms with Gasteiger partial charge in [0.05, 0.1) is 17.4 Å². The van der Waals surface area contributed by atoms with Crippen LogP contribution in [0.1, 0.15) is 13.3 Å². The highest BCUT2D eigenvalue weighted by Crippen LogP contribution is 2.15. The second-order valence-electron chi connectivity index (χ2n) is 6.19. The normalized spacial score (nSPS) is 11.9. The fraction of sp³-hybridized carbons (Fsp3) is 0.250. The van der Waals surface area contributed by atoms with Crippen LogP contribution >= 0.6 is 11.6 Å². The summed E-state index contributed by atoms with van der Waals surface area (Å²) in [5.74, 6) is -1.44. The number of nitriles is 1. The molecule has 0 aromatic heterocycles. The van der Waals surface area contributed by atoms with E-state index in [1.165, 1.54) is 36.1 Å². The summed E-state index contributed by atoms with van der Waals surface area (Å²) in [5, 5.41) is 9.18. The van der Waals surface area contributed by atoms with Gasteiger partial charge in [0.1, 0.15) is 6.04 Å². The SMILES string of the molecule is C[C@H](NS(=O)(=O)c1ccc(Cl)cc1)C(=O)OCC(=O)N(CCC#N)c1ccccc1. The van der Waals surface area contributed by atoms with Gasteiger partial charge in [-0.25, -0.2) is 8.42 Å². The molecule has 8 nitrogen and oxygen atoms in total. The predicted octanol–water partition coefficient (Wildman–Crippen LogP) is 2.50. The van der Waals surface area contributed by atoms with Gasteiger partial charge in [-0.1, -0.05) is 29.8 Å². The van der Waals surface area contributed by atoms with E-state index >= 15 is 0 Å². The maximum absolute atomic E-state index is 12.5. The number of amides is 1. The Hall–Kier alpha value is -2.93. The molecule has 0 radical (unpaired) electrons. The van der Waals surface area contributed by atoms with Crippen LogP contribution in [-0.4, -0.2) is 39.5 Å². The number of esters is 1. The lowest BCUT2D eigenvalue weighted by atomic mass is 10.2. The van der Waals surface area contributed by atoms with Crippen LogP contribution in [0.5, 0.6) is 0 Å². The maximum Gasteiger partial charge on any atom is 0.324 e. The first-order chi connectivity index (χ1) is 14.2. The molecule has 1 amide bonds. The number of ether oxygens (including phenoxy) is 1. The summed E-state index contributed by atoms with van der Waals surface area (Å²) < 4.78 is 31.9. The third-order valence-corrected chi connectivity index (χ3v) is 5.77. The van der Waals surface area contributed by atoms with Gasteiger partial charge >= 0.3 is 5.97 Å². The standard InChI is InChI=1S/C20H20ClN3O5S/c1-15(23-30(27,28)18-10-8-16(21)9-11-18)20(26)29-14-19(25)24(13-5-12-22)17-6-3-2-4-7-17/h2-4,6-11,15,23H,5,13-14H2,1H3/t15-/m0/s1. The van der Waals surface area contributed by atoms with E-state index in [4.69, 9.17) is 21.6 Å². The van der Waals surface area contributed by atoms with Crippen LogP contribution in [0.2, 0.25) is 5.02 Å². The number of para-hydroxylation sites is 1. The summed E-state index contributed by atoms with van der Waals surface area (Å²) in [4.78, 5) is 26.0.